The highest BCUT2D eigenvalue weighted by molar-refractivity contribution is 7.89. The molecule has 1 fully saturated rings. The van der Waals surface area contributed by atoms with E-state index in [1.807, 2.05) is 0 Å². The summed E-state index contributed by atoms with van der Waals surface area (Å²) in [5, 5.41) is 11.8. The van der Waals surface area contributed by atoms with Crippen LogP contribution in [0.2, 0.25) is 0 Å². The largest absolute Gasteiger partial charge is 0.481 e. The van der Waals surface area contributed by atoms with Crippen LogP contribution in [0.1, 0.15) is 42.1 Å². The summed E-state index contributed by atoms with van der Waals surface area (Å²) in [6, 6.07) is 4.20. The van der Waals surface area contributed by atoms with Crippen molar-refractivity contribution in [1.82, 2.24) is 10.0 Å². The quantitative estimate of drug-likeness (QED) is 0.712. The SMILES string of the molecule is CCNS(=O)(=O)c1ccc(C)c(C(=O)N[C@@H]2CC[C@H](C(=O)O)C2)c1. The van der Waals surface area contributed by atoms with Gasteiger partial charge in [0.05, 0.1) is 10.8 Å². The van der Waals surface area contributed by atoms with Crippen molar-refractivity contribution in [3.8, 4) is 0 Å². The molecule has 0 heterocycles. The third-order valence-electron chi connectivity index (χ3n) is 4.22. The number of aryl methyl sites for hydroxylation is 1. The van der Waals surface area contributed by atoms with E-state index in [9.17, 15) is 18.0 Å². The number of hydrogen-bond acceptors (Lipinski definition) is 4. The fraction of sp³-hybridized carbons (Fsp3) is 0.500. The number of carboxylic acids is 1. The minimum Gasteiger partial charge on any atom is -0.481 e. The average molecular weight is 354 g/mol. The van der Waals surface area contributed by atoms with Gasteiger partial charge in [0.1, 0.15) is 0 Å². The van der Waals surface area contributed by atoms with Gasteiger partial charge in [0.15, 0.2) is 0 Å². The number of amides is 1. The lowest BCUT2D eigenvalue weighted by molar-refractivity contribution is -0.141. The molecule has 0 saturated heterocycles. The van der Waals surface area contributed by atoms with Crippen molar-refractivity contribution in [1.29, 1.82) is 0 Å². The average Bonchev–Trinajstić information content (AvgIpc) is 2.96. The van der Waals surface area contributed by atoms with E-state index in [2.05, 4.69) is 10.0 Å². The molecule has 24 heavy (non-hydrogen) atoms. The molecule has 0 spiro atoms. The van der Waals surface area contributed by atoms with Gasteiger partial charge >= 0.3 is 5.97 Å². The lowest BCUT2D eigenvalue weighted by Gasteiger charge is -2.15. The second kappa shape index (κ2) is 7.31. The lowest BCUT2D eigenvalue weighted by Crippen LogP contribution is -2.34. The van der Waals surface area contributed by atoms with Gasteiger partial charge in [0, 0.05) is 18.2 Å². The summed E-state index contributed by atoms with van der Waals surface area (Å²) in [5.74, 6) is -1.66. The Balaban J connectivity index is 2.16. The van der Waals surface area contributed by atoms with Crippen LogP contribution in [0.25, 0.3) is 0 Å². The van der Waals surface area contributed by atoms with E-state index >= 15 is 0 Å². The van der Waals surface area contributed by atoms with E-state index in [0.29, 0.717) is 24.8 Å². The first-order chi connectivity index (χ1) is 11.2. The monoisotopic (exact) mass is 354 g/mol. The van der Waals surface area contributed by atoms with Crippen LogP contribution in [0.3, 0.4) is 0 Å². The van der Waals surface area contributed by atoms with Gasteiger partial charge in [-0.15, -0.1) is 0 Å². The van der Waals surface area contributed by atoms with E-state index in [4.69, 9.17) is 5.11 Å². The zero-order valence-electron chi connectivity index (χ0n) is 13.7. The van der Waals surface area contributed by atoms with Crippen molar-refractivity contribution in [2.75, 3.05) is 6.54 Å². The third kappa shape index (κ3) is 4.12. The molecular formula is C16H22N2O5S. The molecule has 0 radical (unpaired) electrons. The lowest BCUT2D eigenvalue weighted by atomic mass is 10.1. The van der Waals surface area contributed by atoms with Crippen LogP contribution in [-0.2, 0) is 14.8 Å². The van der Waals surface area contributed by atoms with Crippen molar-refractivity contribution in [2.45, 2.75) is 44.0 Å². The summed E-state index contributed by atoms with van der Waals surface area (Å²) in [6.07, 6.45) is 1.54. The summed E-state index contributed by atoms with van der Waals surface area (Å²) in [6.45, 7) is 3.67. The molecule has 0 unspecified atom stereocenters. The third-order valence-corrected chi connectivity index (χ3v) is 5.76. The summed E-state index contributed by atoms with van der Waals surface area (Å²) < 4.78 is 26.5. The number of carbonyl (C=O) groups excluding carboxylic acids is 1. The second-order valence-electron chi connectivity index (χ2n) is 6.00. The Morgan fingerprint density at radius 3 is 2.58 bits per heavy atom. The molecule has 1 aromatic rings. The van der Waals surface area contributed by atoms with Crippen LogP contribution in [0.5, 0.6) is 0 Å². The molecule has 1 aliphatic rings. The van der Waals surface area contributed by atoms with Gasteiger partial charge in [-0.3, -0.25) is 9.59 Å². The van der Waals surface area contributed by atoms with Gasteiger partial charge in [-0.25, -0.2) is 13.1 Å². The topological polar surface area (TPSA) is 113 Å². The second-order valence-corrected chi connectivity index (χ2v) is 7.76. The molecule has 2 atom stereocenters. The van der Waals surface area contributed by atoms with Crippen LogP contribution < -0.4 is 10.0 Å². The maximum atomic E-state index is 12.5. The zero-order chi connectivity index (χ0) is 17.9. The smallest absolute Gasteiger partial charge is 0.306 e. The highest BCUT2D eigenvalue weighted by atomic mass is 32.2. The van der Waals surface area contributed by atoms with Crippen molar-refractivity contribution < 1.29 is 23.1 Å². The minimum absolute atomic E-state index is 0.0370. The number of benzene rings is 1. The van der Waals surface area contributed by atoms with Gasteiger partial charge < -0.3 is 10.4 Å². The minimum atomic E-state index is -3.64. The molecule has 1 aromatic carbocycles. The van der Waals surface area contributed by atoms with E-state index in [0.717, 1.165) is 0 Å². The molecule has 7 nitrogen and oxygen atoms in total. The predicted molar refractivity (Wildman–Crippen MR) is 88.3 cm³/mol. The van der Waals surface area contributed by atoms with Crippen molar-refractivity contribution in [3.63, 3.8) is 0 Å². The van der Waals surface area contributed by atoms with Gasteiger partial charge in [-0.1, -0.05) is 13.0 Å². The molecule has 1 aliphatic carbocycles. The Kier molecular flexibility index (Phi) is 5.61. The summed E-state index contributed by atoms with van der Waals surface area (Å²) in [4.78, 5) is 23.5. The first-order valence-corrected chi connectivity index (χ1v) is 9.37. The molecule has 1 amide bonds. The standard InChI is InChI=1S/C16H22N2O5S/c1-3-17-24(22,23)13-7-4-10(2)14(9-13)15(19)18-12-6-5-11(8-12)16(20)21/h4,7,9,11-12,17H,3,5-6,8H2,1-2H3,(H,18,19)(H,20,21)/t11-,12+/m0/s1. The Hall–Kier alpha value is -1.93. The number of hydrogen-bond donors (Lipinski definition) is 3. The highest BCUT2D eigenvalue weighted by Gasteiger charge is 2.31. The van der Waals surface area contributed by atoms with Crippen LogP contribution in [0.4, 0.5) is 0 Å². The molecule has 1 saturated carbocycles. The van der Waals surface area contributed by atoms with E-state index < -0.39 is 21.9 Å². The molecule has 0 aromatic heterocycles. The first kappa shape index (κ1) is 18.4. The maximum Gasteiger partial charge on any atom is 0.306 e. The van der Waals surface area contributed by atoms with Crippen LogP contribution >= 0.6 is 0 Å². The number of sulfonamides is 1. The van der Waals surface area contributed by atoms with E-state index in [1.54, 1.807) is 19.9 Å². The van der Waals surface area contributed by atoms with Crippen molar-refractivity contribution in [3.05, 3.63) is 29.3 Å². The Bertz CT molecular complexity index is 745. The van der Waals surface area contributed by atoms with E-state index in [-0.39, 0.29) is 29.0 Å². The number of aliphatic carboxylic acids is 1. The number of nitrogens with one attached hydrogen (secondary N) is 2. The molecule has 8 heteroatoms. The number of rotatable bonds is 6. The molecule has 0 bridgehead atoms. The van der Waals surface area contributed by atoms with Crippen molar-refractivity contribution >= 4 is 21.9 Å². The van der Waals surface area contributed by atoms with Gasteiger partial charge in [0.25, 0.3) is 5.91 Å². The maximum absolute atomic E-state index is 12.5. The summed E-state index contributed by atoms with van der Waals surface area (Å²) in [7, 11) is -3.64. The Labute approximate surface area is 141 Å². The normalized spacial score (nSPS) is 20.8. The highest BCUT2D eigenvalue weighted by Crippen LogP contribution is 2.26. The van der Waals surface area contributed by atoms with Crippen molar-refractivity contribution in [2.24, 2.45) is 5.92 Å². The molecule has 132 valence electrons. The summed E-state index contributed by atoms with van der Waals surface area (Å²) >= 11 is 0. The number of carbonyl (C=O) groups is 2. The van der Waals surface area contributed by atoms with Crippen LogP contribution in [0, 0.1) is 12.8 Å². The fourth-order valence-electron chi connectivity index (χ4n) is 2.89. The zero-order valence-corrected chi connectivity index (χ0v) is 14.5. The molecular weight excluding hydrogens is 332 g/mol. The Morgan fingerprint density at radius 1 is 1.29 bits per heavy atom. The number of carboxylic acid groups (broad SMARTS) is 1. The van der Waals surface area contributed by atoms with Gasteiger partial charge in [-0.05, 0) is 43.9 Å². The molecule has 0 aliphatic heterocycles. The predicted octanol–water partition coefficient (Wildman–Crippen LogP) is 1.28. The Morgan fingerprint density at radius 2 is 2.00 bits per heavy atom. The summed E-state index contributed by atoms with van der Waals surface area (Å²) in [5.41, 5.74) is 0.948. The van der Waals surface area contributed by atoms with Gasteiger partial charge in [0.2, 0.25) is 10.0 Å². The van der Waals surface area contributed by atoms with E-state index in [1.165, 1.54) is 12.1 Å². The molecule has 2 rings (SSSR count). The fourth-order valence-corrected chi connectivity index (χ4v) is 3.95. The first-order valence-electron chi connectivity index (χ1n) is 7.88. The van der Waals surface area contributed by atoms with Gasteiger partial charge in [-0.2, -0.15) is 0 Å². The molecule has 3 N–H and O–H groups in total. The van der Waals surface area contributed by atoms with Crippen LogP contribution in [-0.4, -0.2) is 38.0 Å². The van der Waals surface area contributed by atoms with Crippen LogP contribution in [0.15, 0.2) is 23.1 Å².